The van der Waals surface area contributed by atoms with E-state index < -0.39 is 8.56 Å². The van der Waals surface area contributed by atoms with Crippen molar-refractivity contribution in [3.63, 3.8) is 0 Å². The average molecular weight is 232 g/mol. The molecule has 0 heterocycles. The molecule has 0 aliphatic rings. The molecule has 0 fully saturated rings. The highest BCUT2D eigenvalue weighted by atomic mass is 28.4. The molecule has 0 unspecified atom stereocenters. The topological polar surface area (TPSA) is 18.5 Å². The third-order valence-electron chi connectivity index (χ3n) is 2.80. The minimum absolute atomic E-state index is 0.885. The molecule has 92 valence electrons. The van der Waals surface area contributed by atoms with Crippen molar-refractivity contribution in [2.75, 3.05) is 13.2 Å². The smallest absolute Gasteiger partial charge is 0.337 e. The lowest BCUT2D eigenvalue weighted by molar-refractivity contribution is 0.165. The molecule has 2 nitrogen and oxygen atoms in total. The van der Waals surface area contributed by atoms with E-state index in [0.717, 1.165) is 38.1 Å². The second-order valence-electron chi connectivity index (χ2n) is 4.02. The lowest BCUT2D eigenvalue weighted by Gasteiger charge is -2.28. The molecule has 0 aromatic rings. The van der Waals surface area contributed by atoms with Crippen LogP contribution in [0.25, 0.3) is 0 Å². The Morgan fingerprint density at radius 3 is 1.40 bits per heavy atom. The van der Waals surface area contributed by atoms with Crippen molar-refractivity contribution in [1.82, 2.24) is 0 Å². The lowest BCUT2D eigenvalue weighted by atomic mass is 10.4. The van der Waals surface area contributed by atoms with Crippen LogP contribution in [0.2, 0.25) is 12.1 Å². The van der Waals surface area contributed by atoms with Crippen LogP contribution in [-0.2, 0) is 8.85 Å². The van der Waals surface area contributed by atoms with E-state index in [1.807, 2.05) is 0 Å². The van der Waals surface area contributed by atoms with E-state index in [1.165, 1.54) is 12.8 Å². The summed E-state index contributed by atoms with van der Waals surface area (Å²) in [6.07, 6.45) is 4.72. The number of hydrogen-bond donors (Lipinski definition) is 0. The van der Waals surface area contributed by atoms with Crippen LogP contribution >= 0.6 is 0 Å². The highest BCUT2D eigenvalue weighted by molar-refractivity contribution is 6.67. The first-order valence-electron chi connectivity index (χ1n) is 6.52. The Morgan fingerprint density at radius 2 is 1.13 bits per heavy atom. The molecule has 0 aromatic carbocycles. The summed E-state index contributed by atoms with van der Waals surface area (Å²) in [7, 11) is -1.82. The maximum atomic E-state index is 6.03. The second-order valence-corrected chi connectivity index (χ2v) is 7.83. The molecule has 0 amide bonds. The van der Waals surface area contributed by atoms with Gasteiger partial charge < -0.3 is 8.85 Å². The van der Waals surface area contributed by atoms with Gasteiger partial charge in [0.2, 0.25) is 0 Å². The van der Waals surface area contributed by atoms with Gasteiger partial charge in [0, 0.05) is 13.2 Å². The third kappa shape index (κ3) is 6.33. The van der Waals surface area contributed by atoms with Crippen LogP contribution in [0.5, 0.6) is 0 Å². The van der Waals surface area contributed by atoms with Gasteiger partial charge in [-0.1, -0.05) is 40.5 Å². The van der Waals surface area contributed by atoms with Crippen molar-refractivity contribution in [3.05, 3.63) is 0 Å². The van der Waals surface area contributed by atoms with Crippen LogP contribution in [-0.4, -0.2) is 21.8 Å². The van der Waals surface area contributed by atoms with Crippen LogP contribution in [0.1, 0.15) is 53.4 Å². The number of rotatable bonds is 10. The van der Waals surface area contributed by atoms with Crippen molar-refractivity contribution < 1.29 is 8.85 Å². The molecule has 0 aromatic heterocycles. The van der Waals surface area contributed by atoms with Gasteiger partial charge in [-0.15, -0.1) is 0 Å². The van der Waals surface area contributed by atoms with Gasteiger partial charge in [-0.2, -0.15) is 0 Å². The molecular weight excluding hydrogens is 204 g/mol. The van der Waals surface area contributed by atoms with Crippen LogP contribution in [0.15, 0.2) is 0 Å². The fourth-order valence-electron chi connectivity index (χ4n) is 1.50. The summed E-state index contributed by atoms with van der Waals surface area (Å²) >= 11 is 0. The van der Waals surface area contributed by atoms with Gasteiger partial charge in [0.1, 0.15) is 0 Å². The molecule has 15 heavy (non-hydrogen) atoms. The van der Waals surface area contributed by atoms with E-state index in [0.29, 0.717) is 0 Å². The number of unbranched alkanes of at least 4 members (excludes halogenated alkanes) is 2. The van der Waals surface area contributed by atoms with Gasteiger partial charge in [-0.25, -0.2) is 0 Å². The minimum Gasteiger partial charge on any atom is -0.394 e. The maximum absolute atomic E-state index is 6.03. The van der Waals surface area contributed by atoms with E-state index >= 15 is 0 Å². The summed E-state index contributed by atoms with van der Waals surface area (Å²) < 4.78 is 12.1. The summed E-state index contributed by atoms with van der Waals surface area (Å²) in [5.41, 5.74) is 0. The predicted octanol–water partition coefficient (Wildman–Crippen LogP) is 4.10. The van der Waals surface area contributed by atoms with Crippen molar-refractivity contribution in [3.8, 4) is 0 Å². The Balaban J connectivity index is 3.93. The van der Waals surface area contributed by atoms with E-state index in [2.05, 4.69) is 27.7 Å². The first-order valence-corrected chi connectivity index (χ1v) is 8.75. The Morgan fingerprint density at radius 1 is 0.733 bits per heavy atom. The van der Waals surface area contributed by atoms with E-state index in [4.69, 9.17) is 8.85 Å². The van der Waals surface area contributed by atoms with Crippen molar-refractivity contribution in [2.24, 2.45) is 0 Å². The van der Waals surface area contributed by atoms with Gasteiger partial charge in [0.05, 0.1) is 0 Å². The zero-order valence-corrected chi connectivity index (χ0v) is 12.0. The van der Waals surface area contributed by atoms with E-state index in [-0.39, 0.29) is 0 Å². The Hall–Kier alpha value is 0.137. The first-order chi connectivity index (χ1) is 7.24. The molecular formula is C12H28O2Si. The normalized spacial score (nSPS) is 12.0. The van der Waals surface area contributed by atoms with Crippen molar-refractivity contribution >= 4 is 8.56 Å². The minimum atomic E-state index is -1.82. The first kappa shape index (κ1) is 15.1. The second kappa shape index (κ2) is 9.37. The average Bonchev–Trinajstić information content (AvgIpc) is 2.28. The van der Waals surface area contributed by atoms with Gasteiger partial charge >= 0.3 is 8.56 Å². The summed E-state index contributed by atoms with van der Waals surface area (Å²) in [4.78, 5) is 0. The zero-order valence-electron chi connectivity index (χ0n) is 11.0. The van der Waals surface area contributed by atoms with Gasteiger partial charge in [0.25, 0.3) is 0 Å². The Labute approximate surface area is 96.6 Å². The summed E-state index contributed by atoms with van der Waals surface area (Å²) in [6.45, 7) is 10.6. The summed E-state index contributed by atoms with van der Waals surface area (Å²) in [6, 6.07) is 2.16. The highest BCUT2D eigenvalue weighted by Crippen LogP contribution is 2.19. The molecule has 3 heteroatoms. The summed E-state index contributed by atoms with van der Waals surface area (Å²) in [5.74, 6) is 0. The molecule has 0 N–H and O–H groups in total. The lowest BCUT2D eigenvalue weighted by Crippen LogP contribution is -2.41. The largest absolute Gasteiger partial charge is 0.394 e. The van der Waals surface area contributed by atoms with Gasteiger partial charge in [0.15, 0.2) is 0 Å². The third-order valence-corrected chi connectivity index (χ3v) is 6.42. The van der Waals surface area contributed by atoms with Crippen molar-refractivity contribution in [1.29, 1.82) is 0 Å². The molecule has 0 saturated carbocycles. The molecule has 0 aliphatic heterocycles. The van der Waals surface area contributed by atoms with E-state index in [9.17, 15) is 0 Å². The Bertz CT molecular complexity index is 124. The van der Waals surface area contributed by atoms with Crippen LogP contribution in [0.4, 0.5) is 0 Å². The van der Waals surface area contributed by atoms with Gasteiger partial charge in [-0.05, 0) is 24.9 Å². The molecule has 0 rings (SSSR count). The molecule has 0 radical (unpaired) electrons. The van der Waals surface area contributed by atoms with Crippen molar-refractivity contribution in [2.45, 2.75) is 65.5 Å². The molecule has 0 bridgehead atoms. The predicted molar refractivity (Wildman–Crippen MR) is 68.4 cm³/mol. The summed E-state index contributed by atoms with van der Waals surface area (Å²) in [5, 5.41) is 0. The maximum Gasteiger partial charge on any atom is 0.337 e. The fraction of sp³-hybridized carbons (Fsp3) is 1.00. The highest BCUT2D eigenvalue weighted by Gasteiger charge is 2.32. The fourth-order valence-corrected chi connectivity index (χ4v) is 3.94. The zero-order chi connectivity index (χ0) is 11.6. The van der Waals surface area contributed by atoms with Crippen LogP contribution in [0.3, 0.4) is 0 Å². The van der Waals surface area contributed by atoms with E-state index in [1.54, 1.807) is 0 Å². The Kier molecular flexibility index (Phi) is 9.45. The molecule has 0 spiro atoms. The quantitative estimate of drug-likeness (QED) is 0.417. The number of hydrogen-bond acceptors (Lipinski definition) is 2. The molecule has 0 atom stereocenters. The SMILES string of the molecule is CCCCO[Si](CC)(CC)OCCCC. The van der Waals surface area contributed by atoms with Crippen LogP contribution in [0, 0.1) is 0 Å². The standard InChI is InChI=1S/C12H28O2Si/c1-5-9-11-13-15(7-3,8-4)14-12-10-6-2/h5-12H2,1-4H3. The molecule has 0 aliphatic carbocycles. The molecule has 0 saturated heterocycles. The van der Waals surface area contributed by atoms with Gasteiger partial charge in [-0.3, -0.25) is 0 Å². The monoisotopic (exact) mass is 232 g/mol. The van der Waals surface area contributed by atoms with Crippen LogP contribution < -0.4 is 0 Å².